The Hall–Kier alpha value is -2.24. The maximum absolute atomic E-state index is 12.1. The number of ether oxygens (including phenoxy) is 1. The summed E-state index contributed by atoms with van der Waals surface area (Å²) in [7, 11) is 0. The number of carbonyl (C=O) groups excluding carboxylic acids is 1. The van der Waals surface area contributed by atoms with Crippen LogP contribution in [0.15, 0.2) is 29.3 Å². The van der Waals surface area contributed by atoms with Crippen LogP contribution in [-0.4, -0.2) is 60.2 Å². The maximum atomic E-state index is 12.1. The van der Waals surface area contributed by atoms with E-state index in [0.29, 0.717) is 38.7 Å². The van der Waals surface area contributed by atoms with Gasteiger partial charge in [0.1, 0.15) is 5.60 Å². The molecule has 1 fully saturated rings. The molecule has 25 heavy (non-hydrogen) atoms. The summed E-state index contributed by atoms with van der Waals surface area (Å²) in [5, 5.41) is 0. The SMILES string of the molecule is Cc1cccc(CCN=C(N)N2CCN(C(=O)OC(C)(C)C)CC2)c1. The molecular weight excluding hydrogens is 316 g/mol. The van der Waals surface area contributed by atoms with Crippen molar-refractivity contribution in [2.45, 2.75) is 39.7 Å². The van der Waals surface area contributed by atoms with E-state index in [1.807, 2.05) is 25.7 Å². The van der Waals surface area contributed by atoms with Crippen LogP contribution in [0.1, 0.15) is 31.9 Å². The molecule has 1 aliphatic heterocycles. The van der Waals surface area contributed by atoms with E-state index < -0.39 is 5.60 Å². The molecule has 2 N–H and O–H groups in total. The fourth-order valence-electron chi connectivity index (χ4n) is 2.71. The Balaban J connectivity index is 1.78. The van der Waals surface area contributed by atoms with Crippen LogP contribution in [0, 0.1) is 6.92 Å². The highest BCUT2D eigenvalue weighted by Gasteiger charge is 2.26. The van der Waals surface area contributed by atoms with Gasteiger partial charge in [0.2, 0.25) is 0 Å². The van der Waals surface area contributed by atoms with Gasteiger partial charge in [0.05, 0.1) is 0 Å². The molecule has 0 radical (unpaired) electrons. The molecule has 1 aromatic rings. The van der Waals surface area contributed by atoms with Crippen LogP contribution < -0.4 is 5.73 Å². The summed E-state index contributed by atoms with van der Waals surface area (Å²) >= 11 is 0. The summed E-state index contributed by atoms with van der Waals surface area (Å²) in [6.07, 6.45) is 0.613. The van der Waals surface area contributed by atoms with E-state index >= 15 is 0 Å². The second-order valence-electron chi connectivity index (χ2n) is 7.43. The van der Waals surface area contributed by atoms with Crippen molar-refractivity contribution in [1.29, 1.82) is 0 Å². The molecule has 1 heterocycles. The lowest BCUT2D eigenvalue weighted by Crippen LogP contribution is -2.53. The smallest absolute Gasteiger partial charge is 0.410 e. The molecule has 138 valence electrons. The van der Waals surface area contributed by atoms with Gasteiger partial charge in [-0.25, -0.2) is 4.79 Å². The minimum atomic E-state index is -0.468. The Morgan fingerprint density at radius 2 is 1.84 bits per heavy atom. The summed E-state index contributed by atoms with van der Waals surface area (Å²) in [5.74, 6) is 0.552. The van der Waals surface area contributed by atoms with Crippen LogP contribution in [0.25, 0.3) is 0 Å². The normalized spacial score (nSPS) is 16.1. The summed E-state index contributed by atoms with van der Waals surface area (Å²) < 4.78 is 5.40. The Kier molecular flexibility index (Phi) is 6.28. The van der Waals surface area contributed by atoms with E-state index in [2.05, 4.69) is 36.2 Å². The van der Waals surface area contributed by atoms with E-state index in [4.69, 9.17) is 10.5 Å². The van der Waals surface area contributed by atoms with Gasteiger partial charge in [0, 0.05) is 32.7 Å². The molecule has 2 rings (SSSR count). The molecule has 6 nitrogen and oxygen atoms in total. The lowest BCUT2D eigenvalue weighted by Gasteiger charge is -2.36. The summed E-state index contributed by atoms with van der Waals surface area (Å²) in [4.78, 5) is 20.3. The number of hydrogen-bond acceptors (Lipinski definition) is 3. The van der Waals surface area contributed by atoms with E-state index in [0.717, 1.165) is 6.42 Å². The largest absolute Gasteiger partial charge is 0.444 e. The number of guanidine groups is 1. The molecule has 0 spiro atoms. The molecule has 1 saturated heterocycles. The quantitative estimate of drug-likeness (QED) is 0.674. The highest BCUT2D eigenvalue weighted by Crippen LogP contribution is 2.12. The predicted molar refractivity (Wildman–Crippen MR) is 101 cm³/mol. The van der Waals surface area contributed by atoms with Gasteiger partial charge in [0.25, 0.3) is 0 Å². The number of nitrogens with two attached hydrogens (primary N) is 1. The van der Waals surface area contributed by atoms with Gasteiger partial charge in [-0.3, -0.25) is 4.99 Å². The lowest BCUT2D eigenvalue weighted by atomic mass is 10.1. The monoisotopic (exact) mass is 346 g/mol. The highest BCUT2D eigenvalue weighted by molar-refractivity contribution is 5.78. The fraction of sp³-hybridized carbons (Fsp3) is 0.579. The summed E-state index contributed by atoms with van der Waals surface area (Å²) in [6.45, 7) is 10.9. The first kappa shape index (κ1) is 19.1. The molecular formula is C19H30N4O2. The van der Waals surface area contributed by atoms with Crippen molar-refractivity contribution in [1.82, 2.24) is 9.80 Å². The number of benzene rings is 1. The van der Waals surface area contributed by atoms with Crippen molar-refractivity contribution in [2.75, 3.05) is 32.7 Å². The Morgan fingerprint density at radius 1 is 1.20 bits per heavy atom. The zero-order valence-corrected chi connectivity index (χ0v) is 15.8. The first-order chi connectivity index (χ1) is 11.7. The minimum absolute atomic E-state index is 0.262. The van der Waals surface area contributed by atoms with E-state index in [1.54, 1.807) is 4.90 Å². The van der Waals surface area contributed by atoms with E-state index in [9.17, 15) is 4.79 Å². The fourth-order valence-corrected chi connectivity index (χ4v) is 2.71. The molecule has 0 aromatic heterocycles. The summed E-state index contributed by atoms with van der Waals surface area (Å²) in [6, 6.07) is 8.43. The highest BCUT2D eigenvalue weighted by atomic mass is 16.6. The molecule has 1 amide bonds. The van der Waals surface area contributed by atoms with Gasteiger partial charge in [-0.1, -0.05) is 29.8 Å². The molecule has 0 aliphatic carbocycles. The predicted octanol–water partition coefficient (Wildman–Crippen LogP) is 2.40. The average molecular weight is 346 g/mol. The number of aliphatic imine (C=N–C) groups is 1. The minimum Gasteiger partial charge on any atom is -0.444 e. The van der Waals surface area contributed by atoms with E-state index in [1.165, 1.54) is 11.1 Å². The molecule has 1 aromatic carbocycles. The number of carbonyl (C=O) groups is 1. The van der Waals surface area contributed by atoms with Crippen molar-refractivity contribution >= 4 is 12.1 Å². The third kappa shape index (κ3) is 6.29. The average Bonchev–Trinajstić information content (AvgIpc) is 2.53. The molecule has 0 atom stereocenters. The van der Waals surface area contributed by atoms with Crippen molar-refractivity contribution in [2.24, 2.45) is 10.7 Å². The molecule has 0 saturated carbocycles. The Bertz CT molecular complexity index is 614. The van der Waals surface area contributed by atoms with Gasteiger partial charge in [-0.05, 0) is 39.7 Å². The van der Waals surface area contributed by atoms with Crippen LogP contribution in [0.5, 0.6) is 0 Å². The number of hydrogen-bond donors (Lipinski definition) is 1. The second-order valence-corrected chi connectivity index (χ2v) is 7.43. The van der Waals surface area contributed by atoms with Gasteiger partial charge >= 0.3 is 6.09 Å². The number of rotatable bonds is 3. The maximum Gasteiger partial charge on any atom is 0.410 e. The molecule has 0 bridgehead atoms. The molecule has 0 unspecified atom stereocenters. The standard InChI is InChI=1S/C19H30N4O2/c1-15-6-5-7-16(14-15)8-9-21-17(20)22-10-12-23(13-11-22)18(24)25-19(2,3)4/h5-7,14H,8-13H2,1-4H3,(H2,20,21). The van der Waals surface area contributed by atoms with Crippen LogP contribution in [0.3, 0.4) is 0 Å². The third-order valence-corrected chi connectivity index (χ3v) is 4.01. The van der Waals surface area contributed by atoms with Crippen LogP contribution >= 0.6 is 0 Å². The Labute approximate surface area is 150 Å². The topological polar surface area (TPSA) is 71.2 Å². The number of nitrogens with zero attached hydrogens (tertiary/aromatic N) is 3. The zero-order valence-electron chi connectivity index (χ0n) is 15.8. The second kappa shape index (κ2) is 8.23. The van der Waals surface area contributed by atoms with E-state index in [-0.39, 0.29) is 6.09 Å². The van der Waals surface area contributed by atoms with Crippen LogP contribution in [0.2, 0.25) is 0 Å². The lowest BCUT2D eigenvalue weighted by molar-refractivity contribution is 0.0186. The summed E-state index contributed by atoms with van der Waals surface area (Å²) in [5.41, 5.74) is 8.17. The Morgan fingerprint density at radius 3 is 2.44 bits per heavy atom. The van der Waals surface area contributed by atoms with Gasteiger partial charge in [-0.2, -0.15) is 0 Å². The number of amides is 1. The first-order valence-electron chi connectivity index (χ1n) is 8.83. The number of piperazine rings is 1. The van der Waals surface area contributed by atoms with Gasteiger partial charge in [-0.15, -0.1) is 0 Å². The van der Waals surface area contributed by atoms with Crippen molar-refractivity contribution < 1.29 is 9.53 Å². The van der Waals surface area contributed by atoms with Crippen LogP contribution in [-0.2, 0) is 11.2 Å². The third-order valence-electron chi connectivity index (χ3n) is 4.01. The van der Waals surface area contributed by atoms with Crippen molar-refractivity contribution in [3.8, 4) is 0 Å². The number of aryl methyl sites for hydroxylation is 1. The van der Waals surface area contributed by atoms with Crippen molar-refractivity contribution in [3.05, 3.63) is 35.4 Å². The first-order valence-corrected chi connectivity index (χ1v) is 8.83. The molecule has 6 heteroatoms. The molecule has 1 aliphatic rings. The van der Waals surface area contributed by atoms with Crippen molar-refractivity contribution in [3.63, 3.8) is 0 Å². The van der Waals surface area contributed by atoms with Gasteiger partial charge in [0.15, 0.2) is 5.96 Å². The van der Waals surface area contributed by atoms with Crippen LogP contribution in [0.4, 0.5) is 4.79 Å². The zero-order chi connectivity index (χ0) is 18.4. The van der Waals surface area contributed by atoms with Gasteiger partial charge < -0.3 is 20.3 Å².